The van der Waals surface area contributed by atoms with E-state index in [4.69, 9.17) is 21.7 Å². The second kappa shape index (κ2) is 6.54. The first-order valence-corrected chi connectivity index (χ1v) is 9.08. The lowest BCUT2D eigenvalue weighted by Crippen LogP contribution is -2.27. The number of hydrogen-bond donors (Lipinski definition) is 0. The van der Waals surface area contributed by atoms with Gasteiger partial charge < -0.3 is 9.47 Å². The number of ether oxygens (including phenoxy) is 2. The molecule has 0 bridgehead atoms. The third kappa shape index (κ3) is 3.15. The van der Waals surface area contributed by atoms with Gasteiger partial charge in [-0.2, -0.15) is 0 Å². The maximum Gasteiger partial charge on any atom is 0.270 e. The molecule has 126 valence electrons. The molecular weight excluding hydrogens is 354 g/mol. The summed E-state index contributed by atoms with van der Waals surface area (Å²) in [6.45, 7) is 3.10. The SMILES string of the molecule is Cc1ccc(N2C(=O)/C(=C/c3ccc4c(c3)OCCO4)SC2=S)cc1. The monoisotopic (exact) mass is 369 g/mol. The minimum absolute atomic E-state index is 0.103. The van der Waals surface area contributed by atoms with Crippen molar-refractivity contribution in [2.24, 2.45) is 0 Å². The molecule has 0 radical (unpaired) electrons. The number of hydrogen-bond acceptors (Lipinski definition) is 5. The fraction of sp³-hybridized carbons (Fsp3) is 0.158. The zero-order chi connectivity index (χ0) is 17.4. The molecule has 0 aromatic heterocycles. The van der Waals surface area contributed by atoms with E-state index in [-0.39, 0.29) is 5.91 Å². The summed E-state index contributed by atoms with van der Waals surface area (Å²) < 4.78 is 11.7. The Morgan fingerprint density at radius 2 is 1.80 bits per heavy atom. The summed E-state index contributed by atoms with van der Waals surface area (Å²) in [6, 6.07) is 13.4. The second-order valence-corrected chi connectivity index (χ2v) is 7.43. The number of fused-ring (bicyclic) bond motifs is 1. The van der Waals surface area contributed by atoms with Gasteiger partial charge in [0.05, 0.1) is 10.6 Å². The molecule has 2 aromatic carbocycles. The maximum absolute atomic E-state index is 12.8. The van der Waals surface area contributed by atoms with Crippen molar-refractivity contribution in [3.8, 4) is 11.5 Å². The van der Waals surface area contributed by atoms with Crippen molar-refractivity contribution in [1.29, 1.82) is 0 Å². The number of aryl methyl sites for hydroxylation is 1. The van der Waals surface area contributed by atoms with Crippen molar-refractivity contribution >= 4 is 46.0 Å². The highest BCUT2D eigenvalue weighted by atomic mass is 32.2. The first-order valence-electron chi connectivity index (χ1n) is 7.86. The number of benzene rings is 2. The van der Waals surface area contributed by atoms with Crippen LogP contribution in [0.1, 0.15) is 11.1 Å². The number of thioether (sulfide) groups is 1. The molecule has 1 fully saturated rings. The van der Waals surface area contributed by atoms with E-state index in [9.17, 15) is 4.79 Å². The van der Waals surface area contributed by atoms with Gasteiger partial charge in [0.1, 0.15) is 13.2 Å². The Labute approximate surface area is 155 Å². The van der Waals surface area contributed by atoms with E-state index < -0.39 is 0 Å². The third-order valence-corrected chi connectivity index (χ3v) is 5.25. The quantitative estimate of drug-likeness (QED) is 0.587. The van der Waals surface area contributed by atoms with Gasteiger partial charge in [-0.05, 0) is 42.8 Å². The van der Waals surface area contributed by atoms with Gasteiger partial charge in [-0.25, -0.2) is 0 Å². The van der Waals surface area contributed by atoms with E-state index in [1.54, 1.807) is 4.90 Å². The summed E-state index contributed by atoms with van der Waals surface area (Å²) >= 11 is 6.72. The average Bonchev–Trinajstić information content (AvgIpc) is 2.89. The van der Waals surface area contributed by atoms with Crippen molar-refractivity contribution in [2.45, 2.75) is 6.92 Å². The Bertz CT molecular complexity index is 890. The van der Waals surface area contributed by atoms with Crippen LogP contribution < -0.4 is 14.4 Å². The van der Waals surface area contributed by atoms with Gasteiger partial charge in [0.25, 0.3) is 5.91 Å². The lowest BCUT2D eigenvalue weighted by molar-refractivity contribution is -0.113. The maximum atomic E-state index is 12.8. The van der Waals surface area contributed by atoms with Gasteiger partial charge in [0.2, 0.25) is 0 Å². The summed E-state index contributed by atoms with van der Waals surface area (Å²) in [4.78, 5) is 15.0. The topological polar surface area (TPSA) is 38.8 Å². The molecule has 2 aliphatic heterocycles. The minimum atomic E-state index is -0.103. The van der Waals surface area contributed by atoms with Crippen LogP contribution >= 0.6 is 24.0 Å². The molecule has 6 heteroatoms. The highest BCUT2D eigenvalue weighted by Gasteiger charge is 2.33. The molecule has 25 heavy (non-hydrogen) atoms. The molecule has 0 unspecified atom stereocenters. The molecule has 0 saturated carbocycles. The van der Waals surface area contributed by atoms with E-state index in [1.807, 2.05) is 55.5 Å². The molecule has 1 saturated heterocycles. The average molecular weight is 369 g/mol. The number of anilines is 1. The number of carbonyl (C=O) groups excluding carboxylic acids is 1. The van der Waals surface area contributed by atoms with Crippen molar-refractivity contribution in [1.82, 2.24) is 0 Å². The van der Waals surface area contributed by atoms with Crippen molar-refractivity contribution in [3.63, 3.8) is 0 Å². The summed E-state index contributed by atoms with van der Waals surface area (Å²) in [7, 11) is 0. The van der Waals surface area contributed by atoms with Crippen LogP contribution in [0.15, 0.2) is 47.4 Å². The zero-order valence-corrected chi connectivity index (χ0v) is 15.2. The number of rotatable bonds is 2. The zero-order valence-electron chi connectivity index (χ0n) is 13.5. The lowest BCUT2D eigenvalue weighted by atomic mass is 10.1. The fourth-order valence-electron chi connectivity index (χ4n) is 2.69. The summed E-state index contributed by atoms with van der Waals surface area (Å²) in [6.07, 6.45) is 1.84. The molecule has 2 aliphatic rings. The van der Waals surface area contributed by atoms with Gasteiger partial charge in [0.15, 0.2) is 15.8 Å². The van der Waals surface area contributed by atoms with Gasteiger partial charge in [-0.15, -0.1) is 0 Å². The largest absolute Gasteiger partial charge is 0.486 e. The minimum Gasteiger partial charge on any atom is -0.486 e. The molecule has 2 aromatic rings. The molecule has 4 rings (SSSR count). The number of carbonyl (C=O) groups is 1. The molecule has 2 heterocycles. The van der Waals surface area contributed by atoms with E-state index in [0.717, 1.165) is 22.6 Å². The predicted molar refractivity (Wildman–Crippen MR) is 104 cm³/mol. The second-order valence-electron chi connectivity index (χ2n) is 5.76. The van der Waals surface area contributed by atoms with E-state index in [0.29, 0.717) is 28.2 Å². The molecule has 0 N–H and O–H groups in total. The van der Waals surface area contributed by atoms with E-state index >= 15 is 0 Å². The van der Waals surface area contributed by atoms with Gasteiger partial charge in [-0.1, -0.05) is 47.7 Å². The normalized spacial score (nSPS) is 18.1. The van der Waals surface area contributed by atoms with Gasteiger partial charge in [0, 0.05) is 0 Å². The highest BCUT2D eigenvalue weighted by Crippen LogP contribution is 2.37. The standard InChI is InChI=1S/C19H15NO3S2/c1-12-2-5-14(6-3-12)20-18(21)17(25-19(20)24)11-13-4-7-15-16(10-13)23-9-8-22-15/h2-7,10-11H,8-9H2,1H3/b17-11-. The first-order chi connectivity index (χ1) is 12.1. The third-order valence-electron chi connectivity index (χ3n) is 3.95. The summed E-state index contributed by atoms with van der Waals surface area (Å²) in [5.74, 6) is 1.33. The van der Waals surface area contributed by atoms with Gasteiger partial charge >= 0.3 is 0 Å². The van der Waals surface area contributed by atoms with Crippen LogP contribution in [0.2, 0.25) is 0 Å². The highest BCUT2D eigenvalue weighted by molar-refractivity contribution is 8.27. The number of amides is 1. The Hall–Kier alpha value is -2.31. The van der Waals surface area contributed by atoms with Crippen LogP contribution in [0, 0.1) is 6.92 Å². The Morgan fingerprint density at radius 1 is 1.08 bits per heavy atom. The van der Waals surface area contributed by atoms with Crippen LogP contribution in [0.5, 0.6) is 11.5 Å². The molecular formula is C19H15NO3S2. The Balaban J connectivity index is 1.63. The van der Waals surface area contributed by atoms with E-state index in [1.165, 1.54) is 11.8 Å². The molecule has 0 aliphatic carbocycles. The Morgan fingerprint density at radius 3 is 2.56 bits per heavy atom. The Kier molecular flexibility index (Phi) is 4.23. The smallest absolute Gasteiger partial charge is 0.270 e. The molecule has 0 atom stereocenters. The molecule has 1 amide bonds. The van der Waals surface area contributed by atoms with Crippen LogP contribution in [-0.2, 0) is 4.79 Å². The summed E-state index contributed by atoms with van der Waals surface area (Å²) in [5.41, 5.74) is 2.81. The summed E-state index contributed by atoms with van der Waals surface area (Å²) in [5, 5.41) is 0. The first kappa shape index (κ1) is 16.2. The molecule has 4 nitrogen and oxygen atoms in total. The van der Waals surface area contributed by atoms with Crippen molar-refractivity contribution in [2.75, 3.05) is 18.1 Å². The van der Waals surface area contributed by atoms with Gasteiger partial charge in [-0.3, -0.25) is 9.69 Å². The van der Waals surface area contributed by atoms with Crippen LogP contribution in [0.4, 0.5) is 5.69 Å². The fourth-order valence-corrected chi connectivity index (χ4v) is 3.98. The number of nitrogens with zero attached hydrogens (tertiary/aromatic N) is 1. The van der Waals surface area contributed by atoms with E-state index in [2.05, 4.69) is 0 Å². The predicted octanol–water partition coefficient (Wildman–Crippen LogP) is 4.17. The lowest BCUT2D eigenvalue weighted by Gasteiger charge is -2.18. The van der Waals surface area contributed by atoms with Crippen LogP contribution in [0.25, 0.3) is 6.08 Å². The molecule has 0 spiro atoms. The van der Waals surface area contributed by atoms with Crippen molar-refractivity contribution < 1.29 is 14.3 Å². The van der Waals surface area contributed by atoms with Crippen LogP contribution in [-0.4, -0.2) is 23.4 Å². The van der Waals surface area contributed by atoms with Crippen LogP contribution in [0.3, 0.4) is 0 Å². The van der Waals surface area contributed by atoms with Crippen molar-refractivity contribution in [3.05, 3.63) is 58.5 Å². The number of thiocarbonyl (C=S) groups is 1.